The van der Waals surface area contributed by atoms with Crippen molar-refractivity contribution in [1.29, 1.82) is 0 Å². The Hall–Kier alpha value is -3.70. The molecular weight excluding hydrogens is 544 g/mol. The maximum absolute atomic E-state index is 12.1. The number of hydrogen-bond acceptors (Lipinski definition) is 7. The van der Waals surface area contributed by atoms with Gasteiger partial charge in [0.2, 0.25) is 11.8 Å². The van der Waals surface area contributed by atoms with Crippen LogP contribution >= 0.6 is 11.8 Å². The number of carboxylic acid groups (broad SMARTS) is 1. The largest absolute Gasteiger partial charge is 0.481 e. The number of carbonyl (C=O) groups is 3. The van der Waals surface area contributed by atoms with Crippen LogP contribution in [0.5, 0.6) is 0 Å². The van der Waals surface area contributed by atoms with Crippen molar-refractivity contribution in [2.24, 2.45) is 0 Å². The van der Waals surface area contributed by atoms with E-state index in [-0.39, 0.29) is 49.9 Å². The molecular formula is C31H34N2O7S. The zero-order chi connectivity index (χ0) is 29.2. The second-order valence-corrected chi connectivity index (χ2v) is 10.9. The van der Waals surface area contributed by atoms with E-state index >= 15 is 0 Å². The molecule has 10 heteroatoms. The SMILES string of the molecule is CC(=O)Nc1ccc(SC[C@H]2C[C@@H](c3ccc(CO)cc3)O[C@@H](c3ccc(NC(=O)CCCC(=O)O)cc3)O2)cc1. The summed E-state index contributed by atoms with van der Waals surface area (Å²) in [5, 5.41) is 23.7. The smallest absolute Gasteiger partial charge is 0.303 e. The van der Waals surface area contributed by atoms with Gasteiger partial charge in [-0.05, 0) is 53.9 Å². The van der Waals surface area contributed by atoms with Crippen LogP contribution in [0, 0.1) is 0 Å². The molecule has 1 heterocycles. The van der Waals surface area contributed by atoms with Crippen molar-refractivity contribution in [1.82, 2.24) is 0 Å². The summed E-state index contributed by atoms with van der Waals surface area (Å²) in [6, 6.07) is 22.6. The molecule has 216 valence electrons. The summed E-state index contributed by atoms with van der Waals surface area (Å²) >= 11 is 1.66. The number of rotatable bonds is 12. The van der Waals surface area contributed by atoms with Crippen LogP contribution in [0.25, 0.3) is 0 Å². The number of hydrogen-bond donors (Lipinski definition) is 4. The van der Waals surface area contributed by atoms with E-state index in [0.717, 1.165) is 27.3 Å². The summed E-state index contributed by atoms with van der Waals surface area (Å²) in [6.45, 7) is 1.45. The fourth-order valence-electron chi connectivity index (χ4n) is 4.40. The normalized spacial score (nSPS) is 18.4. The Labute approximate surface area is 243 Å². The van der Waals surface area contributed by atoms with Gasteiger partial charge in [0.05, 0.1) is 18.8 Å². The monoisotopic (exact) mass is 578 g/mol. The summed E-state index contributed by atoms with van der Waals surface area (Å²) in [5.41, 5.74) is 3.98. The summed E-state index contributed by atoms with van der Waals surface area (Å²) < 4.78 is 12.8. The molecule has 0 aromatic heterocycles. The Kier molecular flexibility index (Phi) is 10.9. The summed E-state index contributed by atoms with van der Waals surface area (Å²) in [7, 11) is 0. The highest BCUT2D eigenvalue weighted by Crippen LogP contribution is 2.39. The van der Waals surface area contributed by atoms with E-state index in [1.165, 1.54) is 6.92 Å². The lowest BCUT2D eigenvalue weighted by atomic mass is 10.0. The molecule has 9 nitrogen and oxygen atoms in total. The maximum Gasteiger partial charge on any atom is 0.303 e. The third-order valence-electron chi connectivity index (χ3n) is 6.49. The zero-order valence-electron chi connectivity index (χ0n) is 22.7. The van der Waals surface area contributed by atoms with Crippen molar-refractivity contribution in [3.05, 3.63) is 89.5 Å². The Bertz CT molecular complexity index is 1310. The lowest BCUT2D eigenvalue weighted by Gasteiger charge is -2.36. The maximum atomic E-state index is 12.1. The molecule has 0 radical (unpaired) electrons. The molecule has 2 amide bonds. The van der Waals surface area contributed by atoms with E-state index in [1.807, 2.05) is 60.7 Å². The predicted molar refractivity (Wildman–Crippen MR) is 156 cm³/mol. The lowest BCUT2D eigenvalue weighted by Crippen LogP contribution is -2.31. The molecule has 1 fully saturated rings. The third-order valence-corrected chi connectivity index (χ3v) is 7.63. The number of aliphatic hydroxyl groups excluding tert-OH is 1. The summed E-state index contributed by atoms with van der Waals surface area (Å²) in [6.07, 6.45) is 0.0506. The van der Waals surface area contributed by atoms with Crippen LogP contribution in [0.3, 0.4) is 0 Å². The molecule has 0 unspecified atom stereocenters. The Morgan fingerprint density at radius 2 is 1.49 bits per heavy atom. The summed E-state index contributed by atoms with van der Waals surface area (Å²) in [4.78, 5) is 35.2. The van der Waals surface area contributed by atoms with Crippen LogP contribution in [0.2, 0.25) is 0 Å². The molecule has 3 aromatic rings. The Balaban J connectivity index is 1.43. The molecule has 0 spiro atoms. The molecule has 41 heavy (non-hydrogen) atoms. The first-order chi connectivity index (χ1) is 19.8. The fourth-order valence-corrected chi connectivity index (χ4v) is 5.32. The van der Waals surface area contributed by atoms with Gasteiger partial charge in [0.1, 0.15) is 0 Å². The molecule has 4 rings (SSSR count). The minimum absolute atomic E-state index is 0.0278. The minimum Gasteiger partial charge on any atom is -0.481 e. The van der Waals surface area contributed by atoms with Crippen LogP contribution < -0.4 is 10.6 Å². The number of benzene rings is 3. The molecule has 3 aromatic carbocycles. The van der Waals surface area contributed by atoms with Crippen molar-refractivity contribution < 1.29 is 34.1 Å². The topological polar surface area (TPSA) is 134 Å². The number of nitrogens with one attached hydrogen (secondary N) is 2. The fraction of sp³-hybridized carbons (Fsp3) is 0.323. The van der Waals surface area contributed by atoms with Gasteiger partial charge in [-0.15, -0.1) is 11.8 Å². The molecule has 3 atom stereocenters. The first kappa shape index (κ1) is 30.3. The van der Waals surface area contributed by atoms with Crippen molar-refractivity contribution in [2.45, 2.75) is 62.6 Å². The van der Waals surface area contributed by atoms with E-state index in [2.05, 4.69) is 10.6 Å². The van der Waals surface area contributed by atoms with Crippen molar-refractivity contribution in [3.63, 3.8) is 0 Å². The first-order valence-corrected chi connectivity index (χ1v) is 14.4. The van der Waals surface area contributed by atoms with Gasteiger partial charge in [-0.25, -0.2) is 0 Å². The highest BCUT2D eigenvalue weighted by atomic mass is 32.2. The minimum atomic E-state index is -0.922. The van der Waals surface area contributed by atoms with E-state index in [0.29, 0.717) is 17.9 Å². The van der Waals surface area contributed by atoms with Crippen LogP contribution in [0.1, 0.15) is 61.7 Å². The molecule has 4 N–H and O–H groups in total. The zero-order valence-corrected chi connectivity index (χ0v) is 23.6. The van der Waals surface area contributed by atoms with Gasteiger partial charge in [0.15, 0.2) is 6.29 Å². The number of aliphatic carboxylic acids is 1. The van der Waals surface area contributed by atoms with Gasteiger partial charge in [0.25, 0.3) is 0 Å². The van der Waals surface area contributed by atoms with Gasteiger partial charge in [-0.2, -0.15) is 0 Å². The van der Waals surface area contributed by atoms with Crippen LogP contribution in [0.15, 0.2) is 77.7 Å². The molecule has 0 bridgehead atoms. The van der Waals surface area contributed by atoms with E-state index in [9.17, 15) is 19.5 Å². The van der Waals surface area contributed by atoms with E-state index in [1.54, 1.807) is 23.9 Å². The van der Waals surface area contributed by atoms with E-state index in [4.69, 9.17) is 14.6 Å². The number of carboxylic acids is 1. The van der Waals surface area contributed by atoms with Gasteiger partial charge in [-0.3, -0.25) is 14.4 Å². The number of amides is 2. The average Bonchev–Trinajstić information content (AvgIpc) is 2.96. The first-order valence-electron chi connectivity index (χ1n) is 13.4. The van der Waals surface area contributed by atoms with Crippen LogP contribution in [0.4, 0.5) is 11.4 Å². The number of thioether (sulfide) groups is 1. The lowest BCUT2D eigenvalue weighted by molar-refractivity contribution is -0.245. The molecule has 1 aliphatic heterocycles. The molecule has 1 saturated heterocycles. The van der Waals surface area contributed by atoms with Gasteiger partial charge >= 0.3 is 5.97 Å². The Morgan fingerprint density at radius 3 is 2.12 bits per heavy atom. The summed E-state index contributed by atoms with van der Waals surface area (Å²) in [5.74, 6) is -0.586. The highest BCUT2D eigenvalue weighted by molar-refractivity contribution is 7.99. The Morgan fingerprint density at radius 1 is 0.854 bits per heavy atom. The second-order valence-electron chi connectivity index (χ2n) is 9.78. The van der Waals surface area contributed by atoms with Gasteiger partial charge in [-0.1, -0.05) is 36.4 Å². The molecule has 1 aliphatic rings. The standard InChI is InChI=1S/C31H34N2O7S/c1-20(35)32-24-13-15-27(16-14-24)41-19-26-17-28(22-7-5-21(18-34)6-8-22)40-31(39-26)23-9-11-25(12-10-23)33-29(36)3-2-4-30(37)38/h5-16,26,28,31,34H,2-4,17-19H2,1H3,(H,32,35)(H,33,36)(H,37,38)/t26-,28+,31+/m1/s1. The van der Waals surface area contributed by atoms with Gasteiger partial charge < -0.3 is 30.3 Å². The van der Waals surface area contributed by atoms with Gasteiger partial charge in [0, 0.05) is 53.8 Å². The number of anilines is 2. The molecule has 0 saturated carbocycles. The predicted octanol–water partition coefficient (Wildman–Crippen LogP) is 5.67. The van der Waals surface area contributed by atoms with Crippen LogP contribution in [-0.2, 0) is 30.5 Å². The van der Waals surface area contributed by atoms with Crippen molar-refractivity contribution in [3.8, 4) is 0 Å². The highest BCUT2D eigenvalue weighted by Gasteiger charge is 2.32. The third kappa shape index (κ3) is 9.43. The number of carbonyl (C=O) groups excluding carboxylic acids is 2. The second kappa shape index (κ2) is 14.8. The average molecular weight is 579 g/mol. The van der Waals surface area contributed by atoms with E-state index < -0.39 is 12.3 Å². The quantitative estimate of drug-likeness (QED) is 0.202. The van der Waals surface area contributed by atoms with Crippen molar-refractivity contribution >= 4 is 40.9 Å². The number of ether oxygens (including phenoxy) is 2. The number of aliphatic hydroxyl groups is 1. The van der Waals surface area contributed by atoms with Crippen molar-refractivity contribution in [2.75, 3.05) is 16.4 Å². The molecule has 0 aliphatic carbocycles. The van der Waals surface area contributed by atoms with Crippen LogP contribution in [-0.4, -0.2) is 39.9 Å².